The van der Waals surface area contributed by atoms with Crippen molar-refractivity contribution < 1.29 is 9.79 Å². The molecule has 2 N–H and O–H groups in total. The second-order valence-electron chi connectivity index (χ2n) is 9.17. The summed E-state index contributed by atoms with van der Waals surface area (Å²) >= 11 is 0. The van der Waals surface area contributed by atoms with Gasteiger partial charge in [-0.05, 0) is 22.8 Å². The van der Waals surface area contributed by atoms with Crippen LogP contribution in [0.1, 0.15) is 22.3 Å². The van der Waals surface area contributed by atoms with Gasteiger partial charge >= 0.3 is 5.82 Å². The molecule has 0 saturated heterocycles. The van der Waals surface area contributed by atoms with Crippen LogP contribution < -0.4 is 4.68 Å². The molecule has 0 aliphatic heterocycles. The lowest BCUT2D eigenvalue weighted by atomic mass is 9.77. The highest BCUT2D eigenvalue weighted by atomic mass is 16.3. The van der Waals surface area contributed by atoms with Crippen LogP contribution in [0, 0.1) is 0 Å². The number of hydrogen-bond donors (Lipinski definition) is 2. The van der Waals surface area contributed by atoms with Gasteiger partial charge in [0.2, 0.25) is 0 Å². The first-order chi connectivity index (χ1) is 18.8. The van der Waals surface area contributed by atoms with Gasteiger partial charge in [-0.25, -0.2) is 0 Å². The summed E-state index contributed by atoms with van der Waals surface area (Å²) in [7, 11) is 0. The number of nitrogens with zero attached hydrogens (tertiary/aromatic N) is 3. The van der Waals surface area contributed by atoms with Crippen molar-refractivity contribution in [1.82, 2.24) is 15.5 Å². The molecule has 0 amide bonds. The van der Waals surface area contributed by atoms with E-state index in [1.54, 1.807) is 0 Å². The van der Waals surface area contributed by atoms with Crippen molar-refractivity contribution >= 4 is 0 Å². The Hall–Kier alpha value is -4.87. The summed E-state index contributed by atoms with van der Waals surface area (Å²) in [5.41, 5.74) is 6.37. The van der Waals surface area contributed by atoms with Crippen molar-refractivity contribution in [3.63, 3.8) is 0 Å². The Balaban J connectivity index is 1.66. The predicted molar refractivity (Wildman–Crippen MR) is 148 cm³/mol. The van der Waals surface area contributed by atoms with Gasteiger partial charge in [-0.15, -0.1) is 4.68 Å². The fourth-order valence-electron chi connectivity index (χ4n) is 5.26. The molecule has 1 aromatic heterocycles. The molecule has 5 heteroatoms. The number of hydrogen-bond acceptors (Lipinski definition) is 3. The van der Waals surface area contributed by atoms with Crippen molar-refractivity contribution in [3.05, 3.63) is 162 Å². The van der Waals surface area contributed by atoms with E-state index >= 15 is 0 Å². The molecule has 0 spiro atoms. The molecular weight excluding hydrogens is 468 g/mol. The fraction of sp³-hybridized carbons (Fsp3) is 0.0606. The number of aliphatic hydroxyl groups is 1. The van der Waals surface area contributed by atoms with Gasteiger partial charge in [0.05, 0.1) is 12.2 Å². The number of aromatic nitrogens is 4. The lowest BCUT2D eigenvalue weighted by Crippen LogP contribution is -2.61. The molecule has 0 aliphatic carbocycles. The summed E-state index contributed by atoms with van der Waals surface area (Å²) in [5, 5.41) is 21.8. The van der Waals surface area contributed by atoms with Gasteiger partial charge in [0.15, 0.2) is 10.8 Å². The van der Waals surface area contributed by atoms with Crippen LogP contribution in [0.4, 0.5) is 0 Å². The van der Waals surface area contributed by atoms with Gasteiger partial charge < -0.3 is 5.11 Å². The van der Waals surface area contributed by atoms with Crippen LogP contribution in [-0.4, -0.2) is 20.6 Å². The van der Waals surface area contributed by atoms with Crippen LogP contribution in [0.3, 0.4) is 0 Å². The van der Waals surface area contributed by atoms with Crippen LogP contribution in [0.15, 0.2) is 140 Å². The normalized spacial score (nSPS) is 11.4. The van der Waals surface area contributed by atoms with Gasteiger partial charge in [0, 0.05) is 16.7 Å². The minimum absolute atomic E-state index is 0.0129. The van der Waals surface area contributed by atoms with E-state index in [9.17, 15) is 5.11 Å². The molecule has 0 bridgehead atoms. The van der Waals surface area contributed by atoms with Crippen LogP contribution >= 0.6 is 0 Å². The van der Waals surface area contributed by atoms with Crippen LogP contribution in [0.5, 0.6) is 0 Å². The molecule has 0 saturated carbocycles. The molecule has 0 unspecified atom stereocenters. The highest BCUT2D eigenvalue weighted by Gasteiger charge is 2.46. The van der Waals surface area contributed by atoms with Crippen LogP contribution in [-0.2, 0) is 12.1 Å². The third kappa shape index (κ3) is 3.99. The number of nitrogens with one attached hydrogen (secondary N) is 1. The van der Waals surface area contributed by atoms with Crippen molar-refractivity contribution in [2.45, 2.75) is 12.1 Å². The molecule has 6 rings (SSSR count). The van der Waals surface area contributed by atoms with Crippen molar-refractivity contribution in [3.8, 4) is 22.5 Å². The van der Waals surface area contributed by atoms with E-state index in [0.29, 0.717) is 5.82 Å². The Morgan fingerprint density at radius 3 is 1.55 bits per heavy atom. The lowest BCUT2D eigenvalue weighted by molar-refractivity contribution is -0.779. The summed E-state index contributed by atoms with van der Waals surface area (Å²) in [5.74, 6) is 0.711. The minimum atomic E-state index is -0.767. The van der Waals surface area contributed by atoms with E-state index in [-0.39, 0.29) is 6.61 Å². The molecule has 6 aromatic rings. The molecule has 0 fully saturated rings. The van der Waals surface area contributed by atoms with Gasteiger partial charge in [-0.1, -0.05) is 139 Å². The molecule has 0 radical (unpaired) electrons. The SMILES string of the molecule is OCc1ccc(-c2ccccc2-c2nn[nH][n+]2C(c2ccccc2)(c2ccccc2)c2ccccc2)cc1. The Kier molecular flexibility index (Phi) is 6.34. The topological polar surface area (TPSA) is 65.7 Å². The van der Waals surface area contributed by atoms with E-state index in [1.807, 2.05) is 54.6 Å². The highest BCUT2D eigenvalue weighted by molar-refractivity contribution is 5.79. The predicted octanol–water partition coefficient (Wildman–Crippen LogP) is 5.76. The van der Waals surface area contributed by atoms with Gasteiger partial charge in [0.1, 0.15) is 5.10 Å². The van der Waals surface area contributed by atoms with Gasteiger partial charge in [0.25, 0.3) is 0 Å². The average molecular weight is 496 g/mol. The van der Waals surface area contributed by atoms with Crippen LogP contribution in [0.25, 0.3) is 22.5 Å². The summed E-state index contributed by atoms with van der Waals surface area (Å²) in [6.07, 6.45) is 0. The molecule has 1 heterocycles. The molecule has 0 atom stereocenters. The largest absolute Gasteiger partial charge is 0.392 e. The Morgan fingerprint density at radius 1 is 0.579 bits per heavy atom. The maximum absolute atomic E-state index is 9.53. The number of H-pyrrole nitrogens is 1. The first-order valence-electron chi connectivity index (χ1n) is 12.6. The summed E-state index contributed by atoms with van der Waals surface area (Å²) in [6, 6.07) is 47.6. The lowest BCUT2D eigenvalue weighted by Gasteiger charge is -2.33. The third-order valence-electron chi connectivity index (χ3n) is 7.03. The van der Waals surface area contributed by atoms with Gasteiger partial charge in [-0.3, -0.25) is 0 Å². The molecule has 0 aliphatic rings. The number of tetrazole rings is 1. The number of benzene rings is 5. The average Bonchev–Trinajstić information content (AvgIpc) is 3.49. The van der Waals surface area contributed by atoms with Crippen LogP contribution in [0.2, 0.25) is 0 Å². The fourth-order valence-corrected chi connectivity index (χ4v) is 5.26. The zero-order valence-electron chi connectivity index (χ0n) is 20.8. The second-order valence-corrected chi connectivity index (χ2v) is 9.17. The van der Waals surface area contributed by atoms with E-state index < -0.39 is 5.54 Å². The van der Waals surface area contributed by atoms with E-state index in [2.05, 4.69) is 105 Å². The molecule has 5 nitrogen and oxygen atoms in total. The van der Waals surface area contributed by atoms with Crippen molar-refractivity contribution in [2.24, 2.45) is 0 Å². The third-order valence-corrected chi connectivity index (χ3v) is 7.03. The zero-order chi connectivity index (χ0) is 25.8. The summed E-state index contributed by atoms with van der Waals surface area (Å²) < 4.78 is 2.08. The van der Waals surface area contributed by atoms with E-state index in [1.165, 1.54) is 0 Å². The van der Waals surface area contributed by atoms with Crippen molar-refractivity contribution in [1.29, 1.82) is 0 Å². The highest BCUT2D eigenvalue weighted by Crippen LogP contribution is 2.38. The van der Waals surface area contributed by atoms with Gasteiger partial charge in [-0.2, -0.15) is 0 Å². The quantitative estimate of drug-likeness (QED) is 0.219. The monoisotopic (exact) mass is 495 g/mol. The Labute approximate surface area is 221 Å². The number of rotatable bonds is 7. The first-order valence-corrected chi connectivity index (χ1v) is 12.6. The smallest absolute Gasteiger partial charge is 0.334 e. The summed E-state index contributed by atoms with van der Waals surface area (Å²) in [6.45, 7) is 0.0129. The number of aliphatic hydroxyl groups excluding tert-OH is 1. The Bertz CT molecular complexity index is 1530. The maximum Gasteiger partial charge on any atom is 0.334 e. The molecule has 5 aromatic carbocycles. The summed E-state index contributed by atoms with van der Waals surface area (Å²) in [4.78, 5) is 0. The zero-order valence-corrected chi connectivity index (χ0v) is 20.8. The standard InChI is InChI=1S/C33H26N4O/c38-24-25-20-22-26(23-21-25)30-18-10-11-19-31(30)32-34-35-36-37(32)33(27-12-4-1-5-13-27,28-14-6-2-7-15-28)29-16-8-3-9-17-29/h1-23,38H,24H2/p+1. The number of aromatic amines is 1. The maximum atomic E-state index is 9.53. The second kappa shape index (κ2) is 10.2. The molecule has 38 heavy (non-hydrogen) atoms. The first kappa shape index (κ1) is 23.5. The Morgan fingerprint density at radius 2 is 1.05 bits per heavy atom. The van der Waals surface area contributed by atoms with E-state index in [0.717, 1.165) is 38.9 Å². The molecule has 184 valence electrons. The van der Waals surface area contributed by atoms with E-state index in [4.69, 9.17) is 0 Å². The van der Waals surface area contributed by atoms with Crippen molar-refractivity contribution in [2.75, 3.05) is 0 Å². The molecular formula is C33H27N4O+. The minimum Gasteiger partial charge on any atom is -0.392 e.